The summed E-state index contributed by atoms with van der Waals surface area (Å²) in [6, 6.07) is 3.93. The number of phenols is 1. The molecule has 0 spiro atoms. The highest BCUT2D eigenvalue weighted by molar-refractivity contribution is 5.53. The molecule has 0 unspecified atom stereocenters. The highest BCUT2D eigenvalue weighted by atomic mass is 16.6. The van der Waals surface area contributed by atoms with Gasteiger partial charge in [-0.15, -0.1) is 0 Å². The van der Waals surface area contributed by atoms with Crippen molar-refractivity contribution in [3.8, 4) is 11.8 Å². The summed E-state index contributed by atoms with van der Waals surface area (Å²) in [6.45, 7) is 1.50. The molecule has 66 valence electrons. The Morgan fingerprint density at radius 2 is 2.23 bits per heavy atom. The van der Waals surface area contributed by atoms with Crippen LogP contribution in [0, 0.1) is 28.4 Å². The molecule has 1 aromatic carbocycles. The fourth-order valence-corrected chi connectivity index (χ4v) is 0.968. The monoisotopic (exact) mass is 178 g/mol. The summed E-state index contributed by atoms with van der Waals surface area (Å²) in [5, 5.41) is 28.1. The number of nitriles is 1. The molecule has 0 saturated carbocycles. The molecule has 0 bridgehead atoms. The summed E-state index contributed by atoms with van der Waals surface area (Å²) >= 11 is 0. The lowest BCUT2D eigenvalue weighted by molar-refractivity contribution is -0.385. The number of nitro groups is 1. The van der Waals surface area contributed by atoms with Gasteiger partial charge in [-0.25, -0.2) is 0 Å². The Morgan fingerprint density at radius 3 is 2.69 bits per heavy atom. The Hall–Kier alpha value is -2.09. The largest absolute Gasteiger partial charge is 0.507 e. The van der Waals surface area contributed by atoms with Crippen LogP contribution in [-0.4, -0.2) is 10.0 Å². The fraction of sp³-hybridized carbons (Fsp3) is 0.125. The van der Waals surface area contributed by atoms with Gasteiger partial charge in [0.2, 0.25) is 0 Å². The number of hydrogen-bond donors (Lipinski definition) is 1. The topological polar surface area (TPSA) is 87.2 Å². The number of nitrogens with zero attached hydrogens (tertiary/aromatic N) is 2. The molecule has 0 heterocycles. The third-order valence-electron chi connectivity index (χ3n) is 1.63. The van der Waals surface area contributed by atoms with Gasteiger partial charge < -0.3 is 5.11 Å². The first kappa shape index (κ1) is 9.00. The summed E-state index contributed by atoms with van der Waals surface area (Å²) in [7, 11) is 0. The standard InChI is InChI=1S/C8H6N2O3/c1-5-2-8(11)6(4-9)3-7(5)10(12)13/h2-3,11H,1H3. The number of aryl methyl sites for hydroxylation is 1. The second-order valence-electron chi connectivity index (χ2n) is 2.52. The maximum absolute atomic E-state index is 10.4. The molecule has 5 nitrogen and oxygen atoms in total. The smallest absolute Gasteiger partial charge is 0.273 e. The van der Waals surface area contributed by atoms with Gasteiger partial charge in [0.1, 0.15) is 17.4 Å². The zero-order chi connectivity index (χ0) is 10.0. The predicted molar refractivity (Wildman–Crippen MR) is 44.2 cm³/mol. The summed E-state index contributed by atoms with van der Waals surface area (Å²) in [6.07, 6.45) is 0. The van der Waals surface area contributed by atoms with Gasteiger partial charge in [0, 0.05) is 11.6 Å². The Kier molecular flexibility index (Phi) is 2.15. The van der Waals surface area contributed by atoms with E-state index in [1.165, 1.54) is 13.0 Å². The third kappa shape index (κ3) is 1.56. The Labute approximate surface area is 74.0 Å². The van der Waals surface area contributed by atoms with Gasteiger partial charge in [-0.1, -0.05) is 0 Å². The minimum Gasteiger partial charge on any atom is -0.507 e. The van der Waals surface area contributed by atoms with Gasteiger partial charge in [-0.2, -0.15) is 5.26 Å². The van der Waals surface area contributed by atoms with E-state index in [4.69, 9.17) is 10.4 Å². The second kappa shape index (κ2) is 3.11. The van der Waals surface area contributed by atoms with E-state index in [1.54, 1.807) is 6.07 Å². The number of benzene rings is 1. The second-order valence-corrected chi connectivity index (χ2v) is 2.52. The van der Waals surface area contributed by atoms with E-state index in [9.17, 15) is 10.1 Å². The fourth-order valence-electron chi connectivity index (χ4n) is 0.968. The van der Waals surface area contributed by atoms with Crippen molar-refractivity contribution in [2.75, 3.05) is 0 Å². The lowest BCUT2D eigenvalue weighted by atomic mass is 10.1. The van der Waals surface area contributed by atoms with Crippen LogP contribution in [0.4, 0.5) is 5.69 Å². The minimum atomic E-state index is -0.588. The van der Waals surface area contributed by atoms with Crippen LogP contribution in [0.1, 0.15) is 11.1 Å². The highest BCUT2D eigenvalue weighted by Gasteiger charge is 2.14. The maximum Gasteiger partial charge on any atom is 0.273 e. The molecule has 0 aromatic heterocycles. The molecule has 13 heavy (non-hydrogen) atoms. The molecule has 1 aromatic rings. The normalized spacial score (nSPS) is 9.23. The number of nitro benzene ring substituents is 1. The van der Waals surface area contributed by atoms with Crippen LogP contribution in [0.15, 0.2) is 12.1 Å². The van der Waals surface area contributed by atoms with Crippen molar-refractivity contribution in [1.82, 2.24) is 0 Å². The Morgan fingerprint density at radius 1 is 1.62 bits per heavy atom. The van der Waals surface area contributed by atoms with Crippen LogP contribution >= 0.6 is 0 Å². The first-order chi connectivity index (χ1) is 6.06. The van der Waals surface area contributed by atoms with Crippen molar-refractivity contribution in [3.63, 3.8) is 0 Å². The summed E-state index contributed by atoms with van der Waals surface area (Å²) in [4.78, 5) is 9.83. The van der Waals surface area contributed by atoms with Crippen molar-refractivity contribution in [2.24, 2.45) is 0 Å². The van der Waals surface area contributed by atoms with E-state index in [0.717, 1.165) is 6.07 Å². The molecule has 0 fully saturated rings. The summed E-state index contributed by atoms with van der Waals surface area (Å²) in [5.41, 5.74) is 0.0909. The molecule has 0 atom stereocenters. The third-order valence-corrected chi connectivity index (χ3v) is 1.63. The molecule has 0 saturated heterocycles. The predicted octanol–water partition coefficient (Wildman–Crippen LogP) is 1.48. The van der Waals surface area contributed by atoms with Gasteiger partial charge in [0.25, 0.3) is 5.69 Å². The average molecular weight is 178 g/mol. The quantitative estimate of drug-likeness (QED) is 0.521. The SMILES string of the molecule is Cc1cc(O)c(C#N)cc1[N+](=O)[O-]. The van der Waals surface area contributed by atoms with Crippen LogP contribution in [0.5, 0.6) is 5.75 Å². The molecule has 1 N–H and O–H groups in total. The van der Waals surface area contributed by atoms with Crippen LogP contribution in [-0.2, 0) is 0 Å². The molecule has 1 rings (SSSR count). The molecule has 0 amide bonds. The average Bonchev–Trinajstić information content (AvgIpc) is 2.03. The van der Waals surface area contributed by atoms with Crippen molar-refractivity contribution in [2.45, 2.75) is 6.92 Å². The lowest BCUT2D eigenvalue weighted by Gasteiger charge is -1.99. The van der Waals surface area contributed by atoms with E-state index in [1.807, 2.05) is 0 Å². The van der Waals surface area contributed by atoms with Crippen LogP contribution in [0.3, 0.4) is 0 Å². The Bertz CT molecular complexity index is 407. The van der Waals surface area contributed by atoms with E-state index in [0.29, 0.717) is 5.56 Å². The van der Waals surface area contributed by atoms with E-state index < -0.39 is 4.92 Å². The molecule has 0 radical (unpaired) electrons. The van der Waals surface area contributed by atoms with Crippen LogP contribution < -0.4 is 0 Å². The number of phenolic OH excluding ortho intramolecular Hbond substituents is 1. The first-order valence-electron chi connectivity index (χ1n) is 3.44. The van der Waals surface area contributed by atoms with Gasteiger partial charge >= 0.3 is 0 Å². The van der Waals surface area contributed by atoms with Gasteiger partial charge in [0.05, 0.1) is 4.92 Å². The van der Waals surface area contributed by atoms with Crippen molar-refractivity contribution in [3.05, 3.63) is 33.4 Å². The van der Waals surface area contributed by atoms with E-state index in [2.05, 4.69) is 0 Å². The molecule has 0 aliphatic heterocycles. The minimum absolute atomic E-state index is 0.0858. The number of hydrogen-bond acceptors (Lipinski definition) is 4. The van der Waals surface area contributed by atoms with Crippen LogP contribution in [0.2, 0.25) is 0 Å². The van der Waals surface area contributed by atoms with E-state index in [-0.39, 0.29) is 17.0 Å². The van der Waals surface area contributed by atoms with E-state index >= 15 is 0 Å². The molecular weight excluding hydrogens is 172 g/mol. The van der Waals surface area contributed by atoms with Gasteiger partial charge in [-0.3, -0.25) is 10.1 Å². The van der Waals surface area contributed by atoms with Gasteiger partial charge in [0.15, 0.2) is 0 Å². The molecule has 0 aliphatic rings. The molecule has 0 aliphatic carbocycles. The van der Waals surface area contributed by atoms with Crippen LogP contribution in [0.25, 0.3) is 0 Å². The highest BCUT2D eigenvalue weighted by Crippen LogP contribution is 2.26. The summed E-state index contributed by atoms with van der Waals surface area (Å²) in [5.74, 6) is -0.231. The molecule has 5 heteroatoms. The number of aromatic hydroxyl groups is 1. The first-order valence-corrected chi connectivity index (χ1v) is 3.44. The zero-order valence-electron chi connectivity index (χ0n) is 6.81. The lowest BCUT2D eigenvalue weighted by Crippen LogP contribution is -1.92. The van der Waals surface area contributed by atoms with Gasteiger partial charge in [-0.05, 0) is 13.0 Å². The van der Waals surface area contributed by atoms with Crippen molar-refractivity contribution >= 4 is 5.69 Å². The molecular formula is C8H6N2O3. The number of rotatable bonds is 1. The summed E-state index contributed by atoms with van der Waals surface area (Å²) < 4.78 is 0. The zero-order valence-corrected chi connectivity index (χ0v) is 6.81. The Balaban J connectivity index is 3.41. The van der Waals surface area contributed by atoms with Crippen molar-refractivity contribution < 1.29 is 10.0 Å². The van der Waals surface area contributed by atoms with Crippen molar-refractivity contribution in [1.29, 1.82) is 5.26 Å². The maximum atomic E-state index is 10.4.